The van der Waals surface area contributed by atoms with Gasteiger partial charge in [0.25, 0.3) is 0 Å². The number of hydrogen-bond acceptors (Lipinski definition) is 4. The van der Waals surface area contributed by atoms with E-state index in [-0.39, 0.29) is 17.9 Å². The summed E-state index contributed by atoms with van der Waals surface area (Å²) in [4.78, 5) is 20.4. The van der Waals surface area contributed by atoms with E-state index in [1.165, 1.54) is 0 Å². The maximum absolute atomic E-state index is 12.8. The van der Waals surface area contributed by atoms with Crippen LogP contribution in [-0.2, 0) is 16.2 Å². The van der Waals surface area contributed by atoms with E-state index in [0.29, 0.717) is 24.5 Å². The molecule has 1 aliphatic heterocycles. The van der Waals surface area contributed by atoms with Crippen LogP contribution in [0.2, 0.25) is 5.02 Å². The molecule has 1 fully saturated rings. The number of amides is 1. The van der Waals surface area contributed by atoms with Gasteiger partial charge in [0.1, 0.15) is 5.75 Å². The van der Waals surface area contributed by atoms with Crippen LogP contribution in [0.4, 0.5) is 0 Å². The molecule has 0 bridgehead atoms. The summed E-state index contributed by atoms with van der Waals surface area (Å²) in [5, 5.41) is 4.93. The standard InChI is InChI=1S/C22H23ClN2O3/c1-27-19-4-2-3-15(11-19)13-25(22(26)17-5-6-17)14-20-12-21(24-28-20)16-7-9-18(23)10-8-16/h2-4,7-11,17,20H,5-6,12-14H2,1H3. The summed E-state index contributed by atoms with van der Waals surface area (Å²) >= 11 is 5.96. The third-order valence-electron chi connectivity index (χ3n) is 5.08. The van der Waals surface area contributed by atoms with Crippen molar-refractivity contribution in [1.82, 2.24) is 4.90 Å². The van der Waals surface area contributed by atoms with Gasteiger partial charge >= 0.3 is 0 Å². The van der Waals surface area contributed by atoms with Crippen LogP contribution in [0.25, 0.3) is 0 Å². The zero-order valence-electron chi connectivity index (χ0n) is 15.8. The molecule has 1 atom stereocenters. The van der Waals surface area contributed by atoms with E-state index in [4.69, 9.17) is 21.2 Å². The van der Waals surface area contributed by atoms with Crippen molar-refractivity contribution in [3.8, 4) is 5.75 Å². The lowest BCUT2D eigenvalue weighted by molar-refractivity contribution is -0.135. The smallest absolute Gasteiger partial charge is 0.226 e. The lowest BCUT2D eigenvalue weighted by Crippen LogP contribution is -2.38. The van der Waals surface area contributed by atoms with Gasteiger partial charge in [-0.1, -0.05) is 41.0 Å². The van der Waals surface area contributed by atoms with Crippen LogP contribution in [0.15, 0.2) is 53.7 Å². The highest BCUT2D eigenvalue weighted by Crippen LogP contribution is 2.32. The molecule has 1 heterocycles. The first-order chi connectivity index (χ1) is 13.6. The summed E-state index contributed by atoms with van der Waals surface area (Å²) in [5.41, 5.74) is 2.94. The molecule has 1 aliphatic carbocycles. The fraction of sp³-hybridized carbons (Fsp3) is 0.364. The molecule has 1 unspecified atom stereocenters. The Labute approximate surface area is 169 Å². The van der Waals surface area contributed by atoms with E-state index >= 15 is 0 Å². The van der Waals surface area contributed by atoms with Gasteiger partial charge in [-0.05, 0) is 48.2 Å². The summed E-state index contributed by atoms with van der Waals surface area (Å²) in [7, 11) is 1.65. The van der Waals surface area contributed by atoms with Crippen LogP contribution < -0.4 is 4.74 Å². The van der Waals surface area contributed by atoms with E-state index in [1.807, 2.05) is 53.4 Å². The van der Waals surface area contributed by atoms with Gasteiger partial charge in [-0.2, -0.15) is 0 Å². The Morgan fingerprint density at radius 1 is 1.25 bits per heavy atom. The Balaban J connectivity index is 1.43. The Bertz CT molecular complexity index is 878. The molecule has 28 heavy (non-hydrogen) atoms. The fourth-order valence-electron chi connectivity index (χ4n) is 3.40. The topological polar surface area (TPSA) is 51.1 Å². The molecular weight excluding hydrogens is 376 g/mol. The molecule has 4 rings (SSSR count). The minimum atomic E-state index is -0.140. The zero-order valence-corrected chi connectivity index (χ0v) is 16.6. The normalized spacial score (nSPS) is 18.4. The van der Waals surface area contributed by atoms with Crippen molar-refractivity contribution >= 4 is 23.2 Å². The lowest BCUT2D eigenvalue weighted by Gasteiger charge is -2.25. The largest absolute Gasteiger partial charge is 0.497 e. The van der Waals surface area contributed by atoms with E-state index in [2.05, 4.69) is 5.16 Å². The Morgan fingerprint density at radius 2 is 2.04 bits per heavy atom. The number of rotatable bonds is 7. The highest BCUT2D eigenvalue weighted by atomic mass is 35.5. The highest BCUT2D eigenvalue weighted by molar-refractivity contribution is 6.30. The van der Waals surface area contributed by atoms with Crippen molar-refractivity contribution in [2.45, 2.75) is 31.9 Å². The van der Waals surface area contributed by atoms with Crippen LogP contribution in [-0.4, -0.2) is 36.3 Å². The van der Waals surface area contributed by atoms with Crippen molar-refractivity contribution in [2.24, 2.45) is 11.1 Å². The second-order valence-corrected chi connectivity index (χ2v) is 7.76. The average molecular weight is 399 g/mol. The van der Waals surface area contributed by atoms with Gasteiger partial charge in [-0.3, -0.25) is 4.79 Å². The second kappa shape index (κ2) is 8.23. The number of carbonyl (C=O) groups excluding carboxylic acids is 1. The third kappa shape index (κ3) is 4.47. The number of methoxy groups -OCH3 is 1. The van der Waals surface area contributed by atoms with E-state index in [1.54, 1.807) is 7.11 Å². The Kier molecular flexibility index (Phi) is 5.53. The van der Waals surface area contributed by atoms with Crippen LogP contribution in [0.5, 0.6) is 5.75 Å². The van der Waals surface area contributed by atoms with Gasteiger partial charge in [0.2, 0.25) is 5.91 Å². The predicted molar refractivity (Wildman–Crippen MR) is 109 cm³/mol. The van der Waals surface area contributed by atoms with E-state index < -0.39 is 0 Å². The Morgan fingerprint density at radius 3 is 2.75 bits per heavy atom. The minimum Gasteiger partial charge on any atom is -0.497 e. The number of ether oxygens (including phenoxy) is 1. The lowest BCUT2D eigenvalue weighted by atomic mass is 10.0. The van der Waals surface area contributed by atoms with Crippen LogP contribution >= 0.6 is 11.6 Å². The molecular formula is C22H23ClN2O3. The van der Waals surface area contributed by atoms with Crippen LogP contribution in [0.3, 0.4) is 0 Å². The van der Waals surface area contributed by atoms with E-state index in [9.17, 15) is 4.79 Å². The average Bonchev–Trinajstić information content (AvgIpc) is 3.47. The molecule has 2 aromatic rings. The summed E-state index contributed by atoms with van der Waals surface area (Å²) in [6, 6.07) is 15.4. The van der Waals surface area contributed by atoms with Crippen LogP contribution in [0.1, 0.15) is 30.4 Å². The second-order valence-electron chi connectivity index (χ2n) is 7.32. The molecule has 5 nitrogen and oxygen atoms in total. The molecule has 1 amide bonds. The molecule has 0 saturated heterocycles. The quantitative estimate of drug-likeness (QED) is 0.699. The summed E-state index contributed by atoms with van der Waals surface area (Å²) < 4.78 is 5.31. The first-order valence-electron chi connectivity index (χ1n) is 9.52. The summed E-state index contributed by atoms with van der Waals surface area (Å²) in [5.74, 6) is 1.15. The molecule has 0 N–H and O–H groups in total. The molecule has 146 valence electrons. The number of hydrogen-bond donors (Lipinski definition) is 0. The zero-order chi connectivity index (χ0) is 19.5. The molecule has 2 aliphatic rings. The molecule has 0 radical (unpaired) electrons. The number of nitrogens with zero attached hydrogens (tertiary/aromatic N) is 2. The fourth-order valence-corrected chi connectivity index (χ4v) is 3.52. The number of benzene rings is 2. The number of halogens is 1. The molecule has 0 spiro atoms. The summed E-state index contributed by atoms with van der Waals surface area (Å²) in [6.45, 7) is 1.07. The van der Waals surface area contributed by atoms with Gasteiger partial charge < -0.3 is 14.5 Å². The molecule has 0 aromatic heterocycles. The number of carbonyl (C=O) groups is 1. The molecule has 2 aromatic carbocycles. The molecule has 1 saturated carbocycles. The van der Waals surface area contributed by atoms with Gasteiger partial charge in [0.05, 0.1) is 19.4 Å². The SMILES string of the molecule is COc1cccc(CN(CC2CC(c3ccc(Cl)cc3)=NO2)C(=O)C2CC2)c1. The van der Waals surface area contributed by atoms with Crippen molar-refractivity contribution in [3.63, 3.8) is 0 Å². The van der Waals surface area contributed by atoms with Crippen LogP contribution in [0, 0.1) is 5.92 Å². The minimum absolute atomic E-state index is 0.140. The number of oxime groups is 1. The summed E-state index contributed by atoms with van der Waals surface area (Å²) in [6.07, 6.45) is 2.49. The molecule has 6 heteroatoms. The monoisotopic (exact) mass is 398 g/mol. The van der Waals surface area contributed by atoms with Crippen molar-refractivity contribution in [2.75, 3.05) is 13.7 Å². The first kappa shape index (κ1) is 18.8. The van der Waals surface area contributed by atoms with Crippen molar-refractivity contribution < 1.29 is 14.4 Å². The van der Waals surface area contributed by atoms with Crippen molar-refractivity contribution in [3.05, 3.63) is 64.7 Å². The maximum atomic E-state index is 12.8. The maximum Gasteiger partial charge on any atom is 0.226 e. The van der Waals surface area contributed by atoms with Gasteiger partial charge in [-0.25, -0.2) is 0 Å². The highest BCUT2D eigenvalue weighted by Gasteiger charge is 2.35. The van der Waals surface area contributed by atoms with Gasteiger partial charge in [0, 0.05) is 23.9 Å². The van der Waals surface area contributed by atoms with Gasteiger partial charge in [0.15, 0.2) is 6.10 Å². The first-order valence-corrected chi connectivity index (χ1v) is 9.90. The van der Waals surface area contributed by atoms with E-state index in [0.717, 1.165) is 35.4 Å². The predicted octanol–water partition coefficient (Wildman–Crippen LogP) is 4.28. The van der Waals surface area contributed by atoms with Gasteiger partial charge in [-0.15, -0.1) is 0 Å². The van der Waals surface area contributed by atoms with Crippen molar-refractivity contribution in [1.29, 1.82) is 0 Å². The Hall–Kier alpha value is -2.53. The third-order valence-corrected chi connectivity index (χ3v) is 5.33.